The second kappa shape index (κ2) is 39.9. The highest BCUT2D eigenvalue weighted by atomic mass is 31.2. The molecule has 0 bridgehead atoms. The van der Waals surface area contributed by atoms with Crippen molar-refractivity contribution in [3.05, 3.63) is 85.1 Å². The van der Waals surface area contributed by atoms with Crippen LogP contribution in [0.25, 0.3) is 0 Å². The molecule has 0 rings (SSSR count). The number of carbonyl (C=O) groups is 1. The molecule has 3 N–H and O–H groups in total. The van der Waals surface area contributed by atoms with Crippen molar-refractivity contribution in [2.75, 3.05) is 33.0 Å². The van der Waals surface area contributed by atoms with E-state index in [1.54, 1.807) is 0 Å². The van der Waals surface area contributed by atoms with E-state index in [4.69, 9.17) is 24.3 Å². The fraction of sp³-hybridized carbons (Fsp3) is 0.651. The fourth-order valence-corrected chi connectivity index (χ4v) is 5.73. The number of esters is 1. The Morgan fingerprint density at radius 3 is 1.58 bits per heavy atom. The number of allylic oxidation sites excluding steroid dienone is 14. The quantitative estimate of drug-likeness (QED) is 0.0212. The van der Waals surface area contributed by atoms with Crippen LogP contribution in [0.4, 0.5) is 0 Å². The molecule has 0 aromatic heterocycles. The van der Waals surface area contributed by atoms with Gasteiger partial charge in [0, 0.05) is 19.6 Å². The van der Waals surface area contributed by atoms with Gasteiger partial charge >= 0.3 is 13.8 Å². The second-order valence-electron chi connectivity index (χ2n) is 12.9. The van der Waals surface area contributed by atoms with Crippen molar-refractivity contribution >= 4 is 13.8 Å². The highest BCUT2D eigenvalue weighted by Gasteiger charge is 2.25. The molecule has 2 unspecified atom stereocenters. The zero-order chi connectivity index (χ0) is 38.1. The minimum absolute atomic E-state index is 0.0692. The molecule has 0 aliphatic heterocycles. The van der Waals surface area contributed by atoms with Gasteiger partial charge in [0.05, 0.1) is 19.8 Å². The van der Waals surface area contributed by atoms with Gasteiger partial charge in [-0.1, -0.05) is 157 Å². The molecule has 52 heavy (non-hydrogen) atoms. The van der Waals surface area contributed by atoms with E-state index in [0.717, 1.165) is 57.8 Å². The van der Waals surface area contributed by atoms with Crippen LogP contribution < -0.4 is 5.73 Å². The summed E-state index contributed by atoms with van der Waals surface area (Å²) in [7, 11) is -4.30. The number of nitrogens with two attached hydrogens (primary N) is 1. The van der Waals surface area contributed by atoms with Crippen LogP contribution in [-0.4, -0.2) is 49.9 Å². The maximum atomic E-state index is 12.5. The molecule has 0 fully saturated rings. The molecule has 0 aliphatic carbocycles. The SMILES string of the molecule is CCCCCCC=CC=CC=CC=CC=CC=CCCCCOCC(COP(=O)(O)OCCN)OC(=O)CCCCCCCC=CCCCCCC. The monoisotopic (exact) mass is 748 g/mol. The first-order chi connectivity index (χ1) is 25.4. The van der Waals surface area contributed by atoms with Gasteiger partial charge in [-0.25, -0.2) is 4.57 Å². The first-order valence-corrected chi connectivity index (χ1v) is 21.7. The number of unbranched alkanes of at least 4 members (excludes halogenated alkanes) is 15. The zero-order valence-corrected chi connectivity index (χ0v) is 33.7. The van der Waals surface area contributed by atoms with E-state index in [9.17, 15) is 14.3 Å². The molecule has 0 aromatic rings. The Morgan fingerprint density at radius 1 is 0.577 bits per heavy atom. The van der Waals surface area contributed by atoms with Crippen molar-refractivity contribution in [3.8, 4) is 0 Å². The lowest BCUT2D eigenvalue weighted by molar-refractivity contribution is -0.154. The fourth-order valence-electron chi connectivity index (χ4n) is 4.96. The van der Waals surface area contributed by atoms with Gasteiger partial charge in [-0.3, -0.25) is 13.8 Å². The van der Waals surface area contributed by atoms with Crippen LogP contribution in [0.5, 0.6) is 0 Å². The van der Waals surface area contributed by atoms with Crippen molar-refractivity contribution < 1.29 is 32.8 Å². The Hall–Kier alpha value is -2.32. The maximum absolute atomic E-state index is 12.5. The summed E-state index contributed by atoms with van der Waals surface area (Å²) in [5.41, 5.74) is 5.35. The third kappa shape index (κ3) is 38.9. The maximum Gasteiger partial charge on any atom is 0.472 e. The molecule has 9 heteroatoms. The minimum Gasteiger partial charge on any atom is -0.457 e. The van der Waals surface area contributed by atoms with Gasteiger partial charge in [0.1, 0.15) is 6.10 Å². The van der Waals surface area contributed by atoms with Crippen molar-refractivity contribution in [2.24, 2.45) is 5.73 Å². The van der Waals surface area contributed by atoms with E-state index in [-0.39, 0.29) is 38.8 Å². The summed E-state index contributed by atoms with van der Waals surface area (Å²) in [6.45, 7) is 4.68. The number of hydrogen-bond acceptors (Lipinski definition) is 7. The summed E-state index contributed by atoms with van der Waals surface area (Å²) in [6.07, 6.45) is 50.3. The highest BCUT2D eigenvalue weighted by molar-refractivity contribution is 7.47. The Balaban J connectivity index is 4.26. The van der Waals surface area contributed by atoms with Crippen LogP contribution in [0.15, 0.2) is 85.1 Å². The zero-order valence-electron chi connectivity index (χ0n) is 32.8. The lowest BCUT2D eigenvalue weighted by Gasteiger charge is -2.20. The Bertz CT molecular complexity index is 1060. The topological polar surface area (TPSA) is 117 Å². The van der Waals surface area contributed by atoms with Gasteiger partial charge < -0.3 is 20.1 Å². The molecule has 0 heterocycles. The van der Waals surface area contributed by atoms with Gasteiger partial charge in [0.25, 0.3) is 0 Å². The molecule has 2 atom stereocenters. The largest absolute Gasteiger partial charge is 0.472 e. The average molecular weight is 748 g/mol. The molecule has 0 aliphatic rings. The van der Waals surface area contributed by atoms with Crippen LogP contribution in [0.2, 0.25) is 0 Å². The van der Waals surface area contributed by atoms with E-state index in [1.165, 1.54) is 64.2 Å². The molecule has 8 nitrogen and oxygen atoms in total. The lowest BCUT2D eigenvalue weighted by Crippen LogP contribution is -2.28. The minimum atomic E-state index is -4.30. The molecule has 0 radical (unpaired) electrons. The predicted molar refractivity (Wildman–Crippen MR) is 219 cm³/mol. The molecule has 0 saturated carbocycles. The van der Waals surface area contributed by atoms with E-state index in [2.05, 4.69) is 50.3 Å². The number of phosphoric ester groups is 1. The molecule has 0 aromatic carbocycles. The first kappa shape index (κ1) is 49.7. The normalized spacial score (nSPS) is 14.5. The number of phosphoric acid groups is 1. The first-order valence-electron chi connectivity index (χ1n) is 20.2. The molecular formula is C43H74NO7P. The van der Waals surface area contributed by atoms with Crippen LogP contribution >= 0.6 is 7.82 Å². The van der Waals surface area contributed by atoms with Gasteiger partial charge in [0.15, 0.2) is 0 Å². The van der Waals surface area contributed by atoms with Gasteiger partial charge in [-0.2, -0.15) is 0 Å². The standard InChI is InChI=1S/C43H74NO7P/c1-3-5-7-9-11-13-15-17-18-19-20-21-22-23-25-27-29-31-33-35-38-48-40-42(41-50-52(46,47)49-39-37-44)51-43(45)36-34-32-30-28-26-24-16-14-12-10-8-6-4-2/h13-23,25,27,29,42H,3-12,24,26,28,30-41,44H2,1-2H3,(H,46,47). The third-order valence-corrected chi connectivity index (χ3v) is 8.93. The summed E-state index contributed by atoms with van der Waals surface area (Å²) in [5.74, 6) is -0.365. The number of ether oxygens (including phenoxy) is 2. The summed E-state index contributed by atoms with van der Waals surface area (Å²) in [4.78, 5) is 22.4. The lowest BCUT2D eigenvalue weighted by atomic mass is 10.1. The number of rotatable bonds is 37. The van der Waals surface area contributed by atoms with E-state index < -0.39 is 13.9 Å². The van der Waals surface area contributed by atoms with Gasteiger partial charge in [-0.15, -0.1) is 0 Å². The van der Waals surface area contributed by atoms with E-state index in [0.29, 0.717) is 6.61 Å². The van der Waals surface area contributed by atoms with Crippen LogP contribution in [-0.2, 0) is 27.9 Å². The Labute approximate surface area is 318 Å². The van der Waals surface area contributed by atoms with Crippen LogP contribution in [0, 0.1) is 0 Å². The van der Waals surface area contributed by atoms with Crippen LogP contribution in [0.3, 0.4) is 0 Å². The van der Waals surface area contributed by atoms with Crippen molar-refractivity contribution in [2.45, 2.75) is 148 Å². The van der Waals surface area contributed by atoms with Crippen molar-refractivity contribution in [3.63, 3.8) is 0 Å². The van der Waals surface area contributed by atoms with E-state index in [1.807, 2.05) is 48.6 Å². The third-order valence-electron chi connectivity index (χ3n) is 7.95. The van der Waals surface area contributed by atoms with Crippen LogP contribution in [0.1, 0.15) is 142 Å². The number of carbonyl (C=O) groups excluding carboxylic acids is 1. The van der Waals surface area contributed by atoms with Crippen molar-refractivity contribution in [1.82, 2.24) is 0 Å². The number of hydrogen-bond donors (Lipinski definition) is 2. The summed E-state index contributed by atoms with van der Waals surface area (Å²) < 4.78 is 33.2. The summed E-state index contributed by atoms with van der Waals surface area (Å²) in [6, 6.07) is 0. The molecule has 0 spiro atoms. The predicted octanol–water partition coefficient (Wildman–Crippen LogP) is 11.7. The van der Waals surface area contributed by atoms with Gasteiger partial charge in [0.2, 0.25) is 0 Å². The average Bonchev–Trinajstić information content (AvgIpc) is 3.13. The van der Waals surface area contributed by atoms with E-state index >= 15 is 0 Å². The second-order valence-corrected chi connectivity index (χ2v) is 14.4. The Kier molecular flexibility index (Phi) is 38.1. The molecule has 298 valence electrons. The molecular weight excluding hydrogens is 673 g/mol. The van der Waals surface area contributed by atoms with Crippen molar-refractivity contribution in [1.29, 1.82) is 0 Å². The molecule has 0 amide bonds. The Morgan fingerprint density at radius 2 is 1.04 bits per heavy atom. The summed E-state index contributed by atoms with van der Waals surface area (Å²) >= 11 is 0. The molecule has 0 saturated heterocycles. The highest BCUT2D eigenvalue weighted by Crippen LogP contribution is 2.43. The van der Waals surface area contributed by atoms with Gasteiger partial charge in [-0.05, 0) is 64.2 Å². The summed E-state index contributed by atoms with van der Waals surface area (Å²) in [5, 5.41) is 0. The smallest absolute Gasteiger partial charge is 0.457 e.